The summed E-state index contributed by atoms with van der Waals surface area (Å²) in [6, 6.07) is 3.46. The molecule has 3 atom stereocenters. The first-order chi connectivity index (χ1) is 10.0. The number of rotatable bonds is 3. The normalized spacial score (nSPS) is 27.4. The number of carbonyl (C=O) groups is 2. The van der Waals surface area contributed by atoms with E-state index >= 15 is 0 Å². The lowest BCUT2D eigenvalue weighted by atomic mass is 9.94. The second kappa shape index (κ2) is 5.44. The van der Waals surface area contributed by atoms with E-state index in [1.165, 1.54) is 0 Å². The van der Waals surface area contributed by atoms with Crippen molar-refractivity contribution in [3.05, 3.63) is 22.4 Å². The lowest BCUT2D eigenvalue weighted by Gasteiger charge is -2.46. The summed E-state index contributed by atoms with van der Waals surface area (Å²) in [5.41, 5.74) is 0. The molecule has 0 bridgehead atoms. The summed E-state index contributed by atoms with van der Waals surface area (Å²) < 4.78 is 0. The van der Waals surface area contributed by atoms with Gasteiger partial charge in [-0.1, -0.05) is 19.9 Å². The predicted molar refractivity (Wildman–Crippen MR) is 82.9 cm³/mol. The van der Waals surface area contributed by atoms with Gasteiger partial charge in [-0.2, -0.15) is 0 Å². The predicted octanol–water partition coefficient (Wildman–Crippen LogP) is 2.67. The van der Waals surface area contributed by atoms with Gasteiger partial charge < -0.3 is 9.80 Å². The molecule has 2 fully saturated rings. The Morgan fingerprint density at radius 2 is 2.00 bits per heavy atom. The third-order valence-corrected chi connectivity index (χ3v) is 5.67. The fourth-order valence-electron chi connectivity index (χ4n) is 3.59. The molecule has 2 saturated heterocycles. The number of thiophene rings is 1. The van der Waals surface area contributed by atoms with E-state index < -0.39 is 0 Å². The van der Waals surface area contributed by atoms with Gasteiger partial charge >= 0.3 is 0 Å². The molecule has 5 heteroatoms. The molecule has 2 aliphatic heterocycles. The van der Waals surface area contributed by atoms with Gasteiger partial charge in [-0.3, -0.25) is 9.59 Å². The number of piperazine rings is 1. The van der Waals surface area contributed by atoms with Crippen molar-refractivity contribution in [3.63, 3.8) is 0 Å². The summed E-state index contributed by atoms with van der Waals surface area (Å²) in [6.45, 7) is 6.83. The second-order valence-corrected chi connectivity index (χ2v) is 7.29. The topological polar surface area (TPSA) is 40.6 Å². The van der Waals surface area contributed by atoms with E-state index in [0.29, 0.717) is 0 Å². The van der Waals surface area contributed by atoms with E-state index in [1.807, 2.05) is 48.1 Å². The summed E-state index contributed by atoms with van der Waals surface area (Å²) in [4.78, 5) is 30.6. The third-order valence-electron chi connectivity index (χ3n) is 4.63. The fourth-order valence-corrected chi connectivity index (χ4v) is 4.37. The van der Waals surface area contributed by atoms with Crippen LogP contribution in [0.3, 0.4) is 0 Å². The van der Waals surface area contributed by atoms with E-state index in [4.69, 9.17) is 0 Å². The molecule has 1 aromatic heterocycles. The van der Waals surface area contributed by atoms with Crippen molar-refractivity contribution in [2.45, 2.75) is 51.7 Å². The number of amides is 2. The summed E-state index contributed by atoms with van der Waals surface area (Å²) in [5.74, 6) is 0.396. The Bertz CT molecular complexity index is 540. The minimum atomic E-state index is -0.330. The number of nitrogens with zero attached hydrogens (tertiary/aromatic N) is 2. The van der Waals surface area contributed by atoms with Crippen LogP contribution in [-0.4, -0.2) is 40.2 Å². The molecular weight excluding hydrogens is 284 g/mol. The Labute approximate surface area is 129 Å². The minimum Gasteiger partial charge on any atom is -0.329 e. The Balaban J connectivity index is 1.98. The van der Waals surface area contributed by atoms with Crippen LogP contribution in [0.1, 0.15) is 44.5 Å². The summed E-state index contributed by atoms with van der Waals surface area (Å²) in [6.07, 6.45) is 1.75. The van der Waals surface area contributed by atoms with Crippen molar-refractivity contribution in [1.82, 2.24) is 9.80 Å². The molecule has 0 aromatic carbocycles. The average molecular weight is 306 g/mol. The van der Waals surface area contributed by atoms with Gasteiger partial charge in [0.15, 0.2) is 0 Å². The molecule has 0 saturated carbocycles. The van der Waals surface area contributed by atoms with Gasteiger partial charge in [0.05, 0.1) is 6.04 Å². The lowest BCUT2D eigenvalue weighted by Crippen LogP contribution is -2.64. The second-order valence-electron chi connectivity index (χ2n) is 6.32. The first-order valence-electron chi connectivity index (χ1n) is 7.68. The van der Waals surface area contributed by atoms with Crippen molar-refractivity contribution in [2.75, 3.05) is 6.54 Å². The van der Waals surface area contributed by atoms with Gasteiger partial charge in [0.1, 0.15) is 12.1 Å². The zero-order valence-electron chi connectivity index (χ0n) is 12.8. The van der Waals surface area contributed by atoms with Gasteiger partial charge in [0.25, 0.3) is 0 Å². The van der Waals surface area contributed by atoms with Crippen LogP contribution in [0.4, 0.5) is 0 Å². The monoisotopic (exact) mass is 306 g/mol. The minimum absolute atomic E-state index is 0.0309. The van der Waals surface area contributed by atoms with Crippen LogP contribution in [0.15, 0.2) is 17.5 Å². The first-order valence-corrected chi connectivity index (χ1v) is 8.56. The Morgan fingerprint density at radius 1 is 1.24 bits per heavy atom. The van der Waals surface area contributed by atoms with Crippen molar-refractivity contribution in [3.8, 4) is 0 Å². The molecule has 3 rings (SSSR count). The maximum atomic E-state index is 12.9. The van der Waals surface area contributed by atoms with E-state index in [-0.39, 0.29) is 35.9 Å². The molecule has 1 aromatic rings. The van der Waals surface area contributed by atoms with Crippen LogP contribution >= 0.6 is 11.3 Å². The highest BCUT2D eigenvalue weighted by Gasteiger charge is 2.50. The molecule has 2 aliphatic rings. The van der Waals surface area contributed by atoms with E-state index in [2.05, 4.69) is 0 Å². The third kappa shape index (κ3) is 2.27. The van der Waals surface area contributed by atoms with Gasteiger partial charge in [-0.05, 0) is 37.1 Å². The van der Waals surface area contributed by atoms with Gasteiger partial charge in [-0.15, -0.1) is 11.3 Å². The molecule has 3 heterocycles. The Hall–Kier alpha value is -1.36. The molecule has 114 valence electrons. The standard InChI is InChI=1S/C16H22N2O2S/c1-10(2)14-16(20)17-8-4-6-12(17)15(19)18(14)11(3)13-7-5-9-21-13/h5,7,9-12,14H,4,6,8H2,1-3H3. The number of hydrogen-bond acceptors (Lipinski definition) is 3. The van der Waals surface area contributed by atoms with Crippen LogP contribution < -0.4 is 0 Å². The summed E-state index contributed by atoms with van der Waals surface area (Å²) in [7, 11) is 0. The highest BCUT2D eigenvalue weighted by molar-refractivity contribution is 7.10. The highest BCUT2D eigenvalue weighted by Crippen LogP contribution is 2.36. The van der Waals surface area contributed by atoms with Gasteiger partial charge in [0, 0.05) is 11.4 Å². The van der Waals surface area contributed by atoms with Crippen molar-refractivity contribution in [2.24, 2.45) is 5.92 Å². The first kappa shape index (κ1) is 14.6. The van der Waals surface area contributed by atoms with Gasteiger partial charge in [0.2, 0.25) is 11.8 Å². The molecule has 0 aliphatic carbocycles. The number of hydrogen-bond donors (Lipinski definition) is 0. The SMILES string of the molecule is CC(C)C1C(=O)N2CCCC2C(=O)N1C(C)c1cccs1. The van der Waals surface area contributed by atoms with Crippen LogP contribution in [0, 0.1) is 5.92 Å². The van der Waals surface area contributed by atoms with E-state index in [0.717, 1.165) is 24.3 Å². The quantitative estimate of drug-likeness (QED) is 0.861. The fraction of sp³-hybridized carbons (Fsp3) is 0.625. The summed E-state index contributed by atoms with van der Waals surface area (Å²) >= 11 is 1.65. The van der Waals surface area contributed by atoms with Gasteiger partial charge in [-0.25, -0.2) is 0 Å². The molecule has 3 unspecified atom stereocenters. The average Bonchev–Trinajstić information content (AvgIpc) is 3.11. The van der Waals surface area contributed by atoms with E-state index in [9.17, 15) is 9.59 Å². The Morgan fingerprint density at radius 3 is 2.62 bits per heavy atom. The van der Waals surface area contributed by atoms with Crippen molar-refractivity contribution in [1.29, 1.82) is 0 Å². The lowest BCUT2D eigenvalue weighted by molar-refractivity contribution is -0.164. The number of fused-ring (bicyclic) bond motifs is 1. The van der Waals surface area contributed by atoms with Crippen LogP contribution in [0.5, 0.6) is 0 Å². The van der Waals surface area contributed by atoms with Crippen molar-refractivity contribution < 1.29 is 9.59 Å². The Kier molecular flexibility index (Phi) is 3.78. The number of carbonyl (C=O) groups excluding carboxylic acids is 2. The van der Waals surface area contributed by atoms with Crippen LogP contribution in [-0.2, 0) is 9.59 Å². The van der Waals surface area contributed by atoms with E-state index in [1.54, 1.807) is 11.3 Å². The van der Waals surface area contributed by atoms with Crippen molar-refractivity contribution >= 4 is 23.2 Å². The molecule has 0 radical (unpaired) electrons. The zero-order valence-corrected chi connectivity index (χ0v) is 13.6. The molecule has 4 nitrogen and oxygen atoms in total. The maximum absolute atomic E-state index is 12.9. The smallest absolute Gasteiger partial charge is 0.246 e. The summed E-state index contributed by atoms with van der Waals surface area (Å²) in [5, 5.41) is 2.02. The molecule has 0 spiro atoms. The molecule has 21 heavy (non-hydrogen) atoms. The molecule has 2 amide bonds. The molecular formula is C16H22N2O2S. The zero-order chi connectivity index (χ0) is 15.1. The largest absolute Gasteiger partial charge is 0.329 e. The highest BCUT2D eigenvalue weighted by atomic mass is 32.1. The van der Waals surface area contributed by atoms with Crippen LogP contribution in [0.2, 0.25) is 0 Å². The van der Waals surface area contributed by atoms with Crippen LogP contribution in [0.25, 0.3) is 0 Å². The maximum Gasteiger partial charge on any atom is 0.246 e. The molecule has 0 N–H and O–H groups in total.